The minimum Gasteiger partial charge on any atom is -0.299 e. The van der Waals surface area contributed by atoms with Gasteiger partial charge in [0.05, 0.1) is 6.04 Å². The number of carbonyl (C=O) groups excluding carboxylic acids is 1. The Balaban J connectivity index is 1.72. The first-order chi connectivity index (χ1) is 9.33. The van der Waals surface area contributed by atoms with E-state index in [1.54, 1.807) is 11.3 Å². The molecule has 3 aliphatic rings. The van der Waals surface area contributed by atoms with Gasteiger partial charge >= 0.3 is 0 Å². The fourth-order valence-electron chi connectivity index (χ4n) is 3.23. The molecule has 4 heteroatoms. The Morgan fingerprint density at radius 1 is 1.16 bits per heavy atom. The Kier molecular flexibility index (Phi) is 2.69. The molecule has 3 saturated heterocycles. The van der Waals surface area contributed by atoms with E-state index >= 15 is 0 Å². The van der Waals surface area contributed by atoms with E-state index in [2.05, 4.69) is 27.3 Å². The molecule has 3 nitrogen and oxygen atoms in total. The maximum Gasteiger partial charge on any atom is 0.182 e. The largest absolute Gasteiger partial charge is 0.299 e. The highest BCUT2D eigenvalue weighted by Gasteiger charge is 2.36. The van der Waals surface area contributed by atoms with E-state index in [1.807, 2.05) is 12.1 Å². The van der Waals surface area contributed by atoms with Crippen LogP contribution in [-0.4, -0.2) is 54.3 Å². The van der Waals surface area contributed by atoms with E-state index in [-0.39, 0.29) is 6.04 Å². The summed E-state index contributed by atoms with van der Waals surface area (Å²) >= 11 is 1.67. The third-order valence-electron chi connectivity index (χ3n) is 4.33. The van der Waals surface area contributed by atoms with Crippen LogP contribution in [0.3, 0.4) is 0 Å². The van der Waals surface area contributed by atoms with Crippen LogP contribution in [0.15, 0.2) is 29.6 Å². The number of carbonyl (C=O) groups is 1. The highest BCUT2D eigenvalue weighted by Crippen LogP contribution is 2.28. The van der Waals surface area contributed by atoms with E-state index in [0.717, 1.165) is 43.0 Å². The first-order valence-corrected chi connectivity index (χ1v) is 7.68. The van der Waals surface area contributed by atoms with Crippen LogP contribution in [0.4, 0.5) is 0 Å². The maximum atomic E-state index is 12.8. The van der Waals surface area contributed by atoms with Crippen molar-refractivity contribution < 1.29 is 4.79 Å². The van der Waals surface area contributed by atoms with Gasteiger partial charge in [0.15, 0.2) is 5.78 Å². The van der Waals surface area contributed by atoms with Crippen LogP contribution in [0.1, 0.15) is 10.4 Å². The molecule has 0 amide bonds. The van der Waals surface area contributed by atoms with Crippen molar-refractivity contribution in [2.45, 2.75) is 6.04 Å². The number of fused-ring (bicyclic) bond motifs is 4. The number of Topliss-reactive ketones (excluding diaryl/α,β-unsaturated/α-hetero) is 1. The molecule has 1 unspecified atom stereocenters. The highest BCUT2D eigenvalue weighted by atomic mass is 32.1. The third kappa shape index (κ3) is 1.83. The lowest BCUT2D eigenvalue weighted by molar-refractivity contribution is 0.0160. The van der Waals surface area contributed by atoms with Gasteiger partial charge in [-0.2, -0.15) is 0 Å². The molecule has 5 rings (SSSR count). The Morgan fingerprint density at radius 2 is 2.00 bits per heavy atom. The van der Waals surface area contributed by atoms with Gasteiger partial charge < -0.3 is 0 Å². The number of hydrogen-bond acceptors (Lipinski definition) is 4. The van der Waals surface area contributed by atoms with Crippen molar-refractivity contribution in [1.82, 2.24) is 9.80 Å². The van der Waals surface area contributed by atoms with Crippen molar-refractivity contribution in [2.75, 3.05) is 32.7 Å². The summed E-state index contributed by atoms with van der Waals surface area (Å²) in [4.78, 5) is 17.6. The predicted molar refractivity (Wildman–Crippen MR) is 78.0 cm³/mol. The first kappa shape index (κ1) is 11.6. The molecule has 3 fully saturated rings. The molecule has 1 aromatic heterocycles. The number of thiophene rings is 1. The molecule has 0 N–H and O–H groups in total. The van der Waals surface area contributed by atoms with Crippen LogP contribution in [0, 0.1) is 0 Å². The topological polar surface area (TPSA) is 23.6 Å². The number of hydrogen-bond donors (Lipinski definition) is 0. The van der Waals surface area contributed by atoms with Gasteiger partial charge in [0.25, 0.3) is 0 Å². The molecule has 98 valence electrons. The van der Waals surface area contributed by atoms with Gasteiger partial charge in [-0.15, -0.1) is 11.3 Å². The summed E-state index contributed by atoms with van der Waals surface area (Å²) in [7, 11) is 0. The molecule has 2 bridgehead atoms. The normalized spacial score (nSPS) is 29.8. The van der Waals surface area contributed by atoms with Crippen molar-refractivity contribution in [2.24, 2.45) is 0 Å². The fourth-order valence-corrected chi connectivity index (χ4v) is 4.15. The van der Waals surface area contributed by atoms with Crippen molar-refractivity contribution >= 4 is 27.2 Å². The van der Waals surface area contributed by atoms with E-state index in [4.69, 9.17) is 0 Å². The molecule has 0 spiro atoms. The second kappa shape index (κ2) is 4.40. The van der Waals surface area contributed by atoms with Gasteiger partial charge in [0.1, 0.15) is 0 Å². The van der Waals surface area contributed by atoms with Crippen LogP contribution in [-0.2, 0) is 0 Å². The molecule has 2 aromatic rings. The van der Waals surface area contributed by atoms with Gasteiger partial charge in [-0.25, -0.2) is 0 Å². The van der Waals surface area contributed by atoms with Crippen molar-refractivity contribution in [3.05, 3.63) is 35.2 Å². The second-order valence-corrected chi connectivity index (χ2v) is 6.28. The average Bonchev–Trinajstić information content (AvgIpc) is 2.96. The quantitative estimate of drug-likeness (QED) is 0.782. The van der Waals surface area contributed by atoms with Gasteiger partial charge in [0.2, 0.25) is 0 Å². The van der Waals surface area contributed by atoms with Crippen molar-refractivity contribution in [1.29, 1.82) is 0 Å². The molecule has 0 aliphatic carbocycles. The molecule has 19 heavy (non-hydrogen) atoms. The predicted octanol–water partition coefficient (Wildman–Crippen LogP) is 2.08. The molecule has 0 radical (unpaired) electrons. The Hall–Kier alpha value is -1.23. The highest BCUT2D eigenvalue weighted by molar-refractivity contribution is 7.17. The van der Waals surface area contributed by atoms with Crippen LogP contribution < -0.4 is 0 Å². The van der Waals surface area contributed by atoms with Crippen molar-refractivity contribution in [3.8, 4) is 0 Å². The van der Waals surface area contributed by atoms with Crippen LogP contribution in [0.5, 0.6) is 0 Å². The van der Waals surface area contributed by atoms with E-state index < -0.39 is 0 Å². The maximum absolute atomic E-state index is 12.8. The lowest BCUT2D eigenvalue weighted by Gasteiger charge is -2.46. The number of nitrogens with zero attached hydrogens (tertiary/aromatic N) is 2. The summed E-state index contributed by atoms with van der Waals surface area (Å²) < 4.78 is 1.14. The Bertz CT molecular complexity index is 628. The molecule has 1 atom stereocenters. The van der Waals surface area contributed by atoms with Crippen LogP contribution >= 0.6 is 11.3 Å². The molecular weight excluding hydrogens is 256 g/mol. The fraction of sp³-hybridized carbons (Fsp3) is 0.400. The summed E-state index contributed by atoms with van der Waals surface area (Å²) in [5, 5.41) is 3.25. The zero-order chi connectivity index (χ0) is 12.8. The minimum absolute atomic E-state index is 0.0650. The van der Waals surface area contributed by atoms with Gasteiger partial charge in [-0.05, 0) is 22.9 Å². The van der Waals surface area contributed by atoms with E-state index in [9.17, 15) is 4.79 Å². The smallest absolute Gasteiger partial charge is 0.182 e. The number of ketones is 1. The van der Waals surface area contributed by atoms with E-state index in [1.165, 1.54) is 5.39 Å². The lowest BCUT2D eigenvalue weighted by atomic mass is 9.97. The molecule has 0 saturated carbocycles. The van der Waals surface area contributed by atoms with Crippen LogP contribution in [0.25, 0.3) is 10.1 Å². The molecule has 3 aliphatic heterocycles. The summed E-state index contributed by atoms with van der Waals surface area (Å²) in [6.45, 7) is 5.22. The minimum atomic E-state index is 0.0650. The number of rotatable bonds is 2. The Labute approximate surface area is 116 Å². The standard InChI is InChI=1S/C15H16N2OS/c18-14(13-10-16-5-7-17(13)8-6-16)12-3-1-2-11-4-9-19-15(11)12/h1-4,9,13H,5-8,10H2. The number of benzene rings is 1. The first-order valence-electron chi connectivity index (χ1n) is 6.80. The van der Waals surface area contributed by atoms with E-state index in [0.29, 0.717) is 5.78 Å². The molecule has 4 heterocycles. The second-order valence-electron chi connectivity index (χ2n) is 5.36. The third-order valence-corrected chi connectivity index (χ3v) is 5.29. The van der Waals surface area contributed by atoms with Gasteiger partial charge in [0, 0.05) is 43.0 Å². The summed E-state index contributed by atoms with van der Waals surface area (Å²) in [5.41, 5.74) is 0.909. The van der Waals surface area contributed by atoms with Crippen molar-refractivity contribution in [3.63, 3.8) is 0 Å². The summed E-state index contributed by atoms with van der Waals surface area (Å²) in [6, 6.07) is 8.22. The average molecular weight is 272 g/mol. The molecular formula is C15H16N2OS. The zero-order valence-corrected chi connectivity index (χ0v) is 11.5. The summed E-state index contributed by atoms with van der Waals surface area (Å²) in [5.74, 6) is 0.303. The lowest BCUT2D eigenvalue weighted by Crippen LogP contribution is -2.63. The summed E-state index contributed by atoms with van der Waals surface area (Å²) in [6.07, 6.45) is 0. The van der Waals surface area contributed by atoms with Gasteiger partial charge in [-0.3, -0.25) is 14.6 Å². The molecule has 1 aromatic carbocycles. The number of piperazine rings is 3. The monoisotopic (exact) mass is 272 g/mol. The Morgan fingerprint density at radius 3 is 2.74 bits per heavy atom. The van der Waals surface area contributed by atoms with Gasteiger partial charge in [-0.1, -0.05) is 12.1 Å². The SMILES string of the molecule is O=C(c1cccc2ccsc12)C1CN2CCN1CC2. The zero-order valence-electron chi connectivity index (χ0n) is 10.7. The van der Waals surface area contributed by atoms with Crippen LogP contribution in [0.2, 0.25) is 0 Å².